The van der Waals surface area contributed by atoms with Crippen LogP contribution in [0.3, 0.4) is 0 Å². The van der Waals surface area contributed by atoms with E-state index in [4.69, 9.17) is 9.47 Å². The van der Waals surface area contributed by atoms with Gasteiger partial charge in [-0.25, -0.2) is 4.68 Å². The number of rotatable bonds is 7. The van der Waals surface area contributed by atoms with Crippen LogP contribution in [0.15, 0.2) is 35.1 Å². The number of fused-ring (bicyclic) bond motifs is 1. The fourth-order valence-corrected chi connectivity index (χ4v) is 2.93. The predicted octanol–water partition coefficient (Wildman–Crippen LogP) is 1.33. The maximum absolute atomic E-state index is 12.1. The molecule has 0 atom stereocenters. The molecule has 2 aromatic rings. The van der Waals surface area contributed by atoms with Crippen LogP contribution < -0.4 is 20.3 Å². The maximum atomic E-state index is 12.1. The van der Waals surface area contributed by atoms with Crippen molar-refractivity contribution >= 4 is 5.91 Å². The SMILES string of the molecule is COc1ccc(OCC(=O)NCCn2nc3c(cc2=O)CCCC3)cc1. The minimum absolute atomic E-state index is 0.0845. The van der Waals surface area contributed by atoms with Gasteiger partial charge in [-0.15, -0.1) is 0 Å². The summed E-state index contributed by atoms with van der Waals surface area (Å²) in [5.74, 6) is 1.07. The van der Waals surface area contributed by atoms with Crippen molar-refractivity contribution in [1.82, 2.24) is 15.1 Å². The number of benzene rings is 1. The topological polar surface area (TPSA) is 82.4 Å². The van der Waals surface area contributed by atoms with E-state index < -0.39 is 0 Å². The molecule has 1 aliphatic rings. The lowest BCUT2D eigenvalue weighted by atomic mass is 9.97. The van der Waals surface area contributed by atoms with Crippen molar-refractivity contribution in [2.45, 2.75) is 32.2 Å². The quantitative estimate of drug-likeness (QED) is 0.808. The summed E-state index contributed by atoms with van der Waals surface area (Å²) in [5, 5.41) is 7.17. The predicted molar refractivity (Wildman–Crippen MR) is 96.6 cm³/mol. The number of carbonyl (C=O) groups excluding carboxylic acids is 1. The minimum Gasteiger partial charge on any atom is -0.497 e. The van der Waals surface area contributed by atoms with Gasteiger partial charge in [0.25, 0.3) is 11.5 Å². The lowest BCUT2D eigenvalue weighted by Crippen LogP contribution is -2.35. The fourth-order valence-electron chi connectivity index (χ4n) is 2.93. The average Bonchev–Trinajstić information content (AvgIpc) is 2.67. The first-order valence-corrected chi connectivity index (χ1v) is 8.79. The van der Waals surface area contributed by atoms with Gasteiger partial charge in [0.2, 0.25) is 0 Å². The van der Waals surface area contributed by atoms with Crippen LogP contribution in [-0.2, 0) is 24.2 Å². The minimum atomic E-state index is -0.244. The third-order valence-electron chi connectivity index (χ3n) is 4.35. The Labute approximate surface area is 151 Å². The third kappa shape index (κ3) is 4.62. The Balaban J connectivity index is 1.45. The number of ether oxygens (including phenoxy) is 2. The lowest BCUT2D eigenvalue weighted by molar-refractivity contribution is -0.123. The van der Waals surface area contributed by atoms with E-state index in [0.717, 1.165) is 42.7 Å². The molecule has 0 spiro atoms. The number of methoxy groups -OCH3 is 1. The van der Waals surface area contributed by atoms with Gasteiger partial charge in [0, 0.05) is 12.6 Å². The molecular weight excluding hydrogens is 334 g/mol. The van der Waals surface area contributed by atoms with Crippen molar-refractivity contribution in [2.75, 3.05) is 20.3 Å². The van der Waals surface area contributed by atoms with E-state index >= 15 is 0 Å². The average molecular weight is 357 g/mol. The lowest BCUT2D eigenvalue weighted by Gasteiger charge is -2.16. The van der Waals surface area contributed by atoms with Gasteiger partial charge in [0.1, 0.15) is 11.5 Å². The van der Waals surface area contributed by atoms with Crippen molar-refractivity contribution in [1.29, 1.82) is 0 Å². The van der Waals surface area contributed by atoms with Crippen LogP contribution in [0.1, 0.15) is 24.1 Å². The van der Waals surface area contributed by atoms with Crippen LogP contribution in [0.5, 0.6) is 11.5 Å². The summed E-state index contributed by atoms with van der Waals surface area (Å²) in [5.41, 5.74) is 1.95. The van der Waals surface area contributed by atoms with Crippen molar-refractivity contribution in [3.63, 3.8) is 0 Å². The van der Waals surface area contributed by atoms with Crippen molar-refractivity contribution in [2.24, 2.45) is 0 Å². The van der Waals surface area contributed by atoms with E-state index in [0.29, 0.717) is 18.8 Å². The second-order valence-corrected chi connectivity index (χ2v) is 6.20. The summed E-state index contributed by atoms with van der Waals surface area (Å²) in [6.45, 7) is 0.593. The molecular formula is C19H23N3O4. The van der Waals surface area contributed by atoms with Gasteiger partial charge in [0.05, 0.1) is 19.3 Å². The van der Waals surface area contributed by atoms with Gasteiger partial charge in [0.15, 0.2) is 6.61 Å². The van der Waals surface area contributed by atoms with Gasteiger partial charge in [-0.1, -0.05) is 0 Å². The Morgan fingerprint density at radius 1 is 1.19 bits per heavy atom. The number of carbonyl (C=O) groups is 1. The van der Waals surface area contributed by atoms with Crippen LogP contribution >= 0.6 is 0 Å². The number of nitrogens with zero attached hydrogens (tertiary/aromatic N) is 2. The van der Waals surface area contributed by atoms with E-state index in [9.17, 15) is 9.59 Å². The Morgan fingerprint density at radius 3 is 2.69 bits per heavy atom. The van der Waals surface area contributed by atoms with Gasteiger partial charge >= 0.3 is 0 Å². The fraction of sp³-hybridized carbons (Fsp3) is 0.421. The van der Waals surface area contributed by atoms with Crippen LogP contribution in [0.4, 0.5) is 0 Å². The van der Waals surface area contributed by atoms with E-state index in [1.807, 2.05) is 0 Å². The molecule has 0 bridgehead atoms. The first kappa shape index (κ1) is 18.0. The molecule has 0 radical (unpaired) electrons. The number of aryl methyl sites for hydroxylation is 2. The molecule has 0 saturated carbocycles. The van der Waals surface area contributed by atoms with Gasteiger partial charge in [-0.3, -0.25) is 9.59 Å². The molecule has 1 aromatic carbocycles. The van der Waals surface area contributed by atoms with Crippen LogP contribution in [-0.4, -0.2) is 35.9 Å². The number of hydrogen-bond acceptors (Lipinski definition) is 5. The summed E-state index contributed by atoms with van der Waals surface area (Å²) in [6.07, 6.45) is 4.07. The highest BCUT2D eigenvalue weighted by Gasteiger charge is 2.13. The van der Waals surface area contributed by atoms with Crippen molar-refractivity contribution < 1.29 is 14.3 Å². The number of amides is 1. The highest BCUT2D eigenvalue weighted by Crippen LogP contribution is 2.17. The molecule has 3 rings (SSSR count). The molecule has 1 aromatic heterocycles. The van der Waals surface area contributed by atoms with E-state index in [1.165, 1.54) is 4.68 Å². The zero-order chi connectivity index (χ0) is 18.4. The van der Waals surface area contributed by atoms with E-state index in [-0.39, 0.29) is 18.1 Å². The molecule has 7 heteroatoms. The molecule has 7 nitrogen and oxygen atoms in total. The summed E-state index contributed by atoms with van der Waals surface area (Å²) in [7, 11) is 1.59. The molecule has 1 amide bonds. The maximum Gasteiger partial charge on any atom is 0.267 e. The standard InChI is InChI=1S/C19H23N3O4/c1-25-15-6-8-16(9-7-15)26-13-18(23)20-10-11-22-19(24)12-14-4-2-3-5-17(14)21-22/h6-9,12H,2-5,10-11,13H2,1H3,(H,20,23). The summed E-state index contributed by atoms with van der Waals surface area (Å²) in [6, 6.07) is 8.68. The zero-order valence-corrected chi connectivity index (χ0v) is 14.9. The molecule has 0 aliphatic heterocycles. The van der Waals surface area contributed by atoms with Crippen molar-refractivity contribution in [3.8, 4) is 11.5 Å². The van der Waals surface area contributed by atoms with Gasteiger partial charge < -0.3 is 14.8 Å². The zero-order valence-electron chi connectivity index (χ0n) is 14.9. The summed E-state index contributed by atoms with van der Waals surface area (Å²) < 4.78 is 11.9. The Morgan fingerprint density at radius 2 is 1.92 bits per heavy atom. The molecule has 1 heterocycles. The largest absolute Gasteiger partial charge is 0.497 e. The second-order valence-electron chi connectivity index (χ2n) is 6.20. The molecule has 0 fully saturated rings. The van der Waals surface area contributed by atoms with Gasteiger partial charge in [-0.05, 0) is 55.5 Å². The second kappa shape index (κ2) is 8.51. The molecule has 138 valence electrons. The third-order valence-corrected chi connectivity index (χ3v) is 4.35. The molecule has 26 heavy (non-hydrogen) atoms. The summed E-state index contributed by atoms with van der Waals surface area (Å²) in [4.78, 5) is 24.0. The highest BCUT2D eigenvalue weighted by molar-refractivity contribution is 5.77. The number of nitrogens with one attached hydrogen (secondary N) is 1. The van der Waals surface area contributed by atoms with Crippen molar-refractivity contribution in [3.05, 3.63) is 51.9 Å². The number of hydrogen-bond donors (Lipinski definition) is 1. The molecule has 1 aliphatic carbocycles. The highest BCUT2D eigenvalue weighted by atomic mass is 16.5. The monoisotopic (exact) mass is 357 g/mol. The summed E-state index contributed by atoms with van der Waals surface area (Å²) >= 11 is 0. The van der Waals surface area contributed by atoms with Crippen LogP contribution in [0.25, 0.3) is 0 Å². The Bertz CT molecular complexity index is 815. The number of aromatic nitrogens is 2. The molecule has 1 N–H and O–H groups in total. The molecule has 0 saturated heterocycles. The first-order valence-electron chi connectivity index (χ1n) is 8.79. The smallest absolute Gasteiger partial charge is 0.267 e. The van der Waals surface area contributed by atoms with E-state index in [2.05, 4.69) is 10.4 Å². The first-order chi connectivity index (χ1) is 12.7. The Kier molecular flexibility index (Phi) is 5.88. The van der Waals surface area contributed by atoms with E-state index in [1.54, 1.807) is 37.4 Å². The Hall–Kier alpha value is -2.83. The normalized spacial score (nSPS) is 13.0. The van der Waals surface area contributed by atoms with Crippen LogP contribution in [0.2, 0.25) is 0 Å². The van der Waals surface area contributed by atoms with Gasteiger partial charge in [-0.2, -0.15) is 5.10 Å². The van der Waals surface area contributed by atoms with Crippen LogP contribution in [0, 0.1) is 0 Å². The molecule has 0 unspecified atom stereocenters.